The SMILES string of the molecule is COCCNCC(=O)N(C)Cc1ccc(C)o1. The van der Waals surface area contributed by atoms with E-state index in [-0.39, 0.29) is 5.91 Å². The zero-order valence-corrected chi connectivity index (χ0v) is 10.7. The van der Waals surface area contributed by atoms with Gasteiger partial charge in [-0.15, -0.1) is 0 Å². The molecule has 0 aliphatic carbocycles. The van der Waals surface area contributed by atoms with Crippen LogP contribution in [0.2, 0.25) is 0 Å². The molecule has 5 nitrogen and oxygen atoms in total. The molecule has 5 heteroatoms. The van der Waals surface area contributed by atoms with Gasteiger partial charge in [-0.2, -0.15) is 0 Å². The summed E-state index contributed by atoms with van der Waals surface area (Å²) in [5.74, 6) is 1.70. The Kier molecular flexibility index (Phi) is 5.72. The van der Waals surface area contributed by atoms with Gasteiger partial charge in [-0.3, -0.25) is 4.79 Å². The normalized spacial score (nSPS) is 10.5. The minimum atomic E-state index is 0.0372. The van der Waals surface area contributed by atoms with Crippen molar-refractivity contribution in [1.29, 1.82) is 0 Å². The summed E-state index contributed by atoms with van der Waals surface area (Å²) in [6.45, 7) is 3.99. The van der Waals surface area contributed by atoms with Crippen LogP contribution in [-0.2, 0) is 16.1 Å². The molecule has 17 heavy (non-hydrogen) atoms. The predicted octanol–water partition coefficient (Wildman–Crippen LogP) is 0.782. The summed E-state index contributed by atoms with van der Waals surface area (Å²) in [5.41, 5.74) is 0. The molecule has 1 heterocycles. The molecular formula is C12H20N2O3. The van der Waals surface area contributed by atoms with Gasteiger partial charge in [0.05, 0.1) is 19.7 Å². The zero-order valence-electron chi connectivity index (χ0n) is 10.7. The molecule has 0 aromatic carbocycles. The van der Waals surface area contributed by atoms with Crippen molar-refractivity contribution in [3.63, 3.8) is 0 Å². The molecule has 0 spiro atoms. The fourth-order valence-corrected chi connectivity index (χ4v) is 1.40. The van der Waals surface area contributed by atoms with E-state index in [4.69, 9.17) is 9.15 Å². The quantitative estimate of drug-likeness (QED) is 0.716. The van der Waals surface area contributed by atoms with Crippen molar-refractivity contribution in [2.75, 3.05) is 33.9 Å². The van der Waals surface area contributed by atoms with Gasteiger partial charge in [-0.05, 0) is 19.1 Å². The van der Waals surface area contributed by atoms with E-state index >= 15 is 0 Å². The maximum Gasteiger partial charge on any atom is 0.236 e. The van der Waals surface area contributed by atoms with E-state index in [0.717, 1.165) is 11.5 Å². The maximum atomic E-state index is 11.7. The third-order valence-corrected chi connectivity index (χ3v) is 2.37. The number of ether oxygens (including phenoxy) is 1. The third kappa shape index (κ3) is 5.01. The number of rotatable bonds is 7. The van der Waals surface area contributed by atoms with E-state index in [1.54, 1.807) is 19.1 Å². The number of nitrogens with one attached hydrogen (secondary N) is 1. The van der Waals surface area contributed by atoms with Gasteiger partial charge in [0.2, 0.25) is 5.91 Å². The largest absolute Gasteiger partial charge is 0.464 e. The third-order valence-electron chi connectivity index (χ3n) is 2.37. The molecule has 0 radical (unpaired) electrons. The van der Waals surface area contributed by atoms with Crippen LogP contribution in [0, 0.1) is 6.92 Å². The van der Waals surface area contributed by atoms with Gasteiger partial charge in [0.1, 0.15) is 11.5 Å². The number of carbonyl (C=O) groups excluding carboxylic acids is 1. The first-order valence-electron chi connectivity index (χ1n) is 5.62. The lowest BCUT2D eigenvalue weighted by atomic mass is 10.4. The molecule has 1 rings (SSSR count). The summed E-state index contributed by atoms with van der Waals surface area (Å²) in [5, 5.41) is 3.01. The highest BCUT2D eigenvalue weighted by Crippen LogP contribution is 2.08. The molecule has 0 saturated heterocycles. The number of hydrogen-bond acceptors (Lipinski definition) is 4. The fourth-order valence-electron chi connectivity index (χ4n) is 1.40. The van der Waals surface area contributed by atoms with Crippen molar-refractivity contribution in [3.05, 3.63) is 23.7 Å². The summed E-state index contributed by atoms with van der Waals surface area (Å²) in [6, 6.07) is 3.78. The van der Waals surface area contributed by atoms with Crippen LogP contribution < -0.4 is 5.32 Å². The number of nitrogens with zero attached hydrogens (tertiary/aromatic N) is 1. The average Bonchev–Trinajstić information content (AvgIpc) is 2.70. The highest BCUT2D eigenvalue weighted by molar-refractivity contribution is 5.77. The zero-order chi connectivity index (χ0) is 12.7. The van der Waals surface area contributed by atoms with Gasteiger partial charge < -0.3 is 19.4 Å². The van der Waals surface area contributed by atoms with Crippen LogP contribution in [-0.4, -0.2) is 44.7 Å². The first-order chi connectivity index (χ1) is 8.13. The predicted molar refractivity (Wildman–Crippen MR) is 64.7 cm³/mol. The minimum absolute atomic E-state index is 0.0372. The van der Waals surface area contributed by atoms with Crippen molar-refractivity contribution in [2.24, 2.45) is 0 Å². The smallest absolute Gasteiger partial charge is 0.236 e. The fraction of sp³-hybridized carbons (Fsp3) is 0.583. The van der Waals surface area contributed by atoms with Gasteiger partial charge in [0.15, 0.2) is 0 Å². The van der Waals surface area contributed by atoms with E-state index in [1.807, 2.05) is 19.1 Å². The first-order valence-corrected chi connectivity index (χ1v) is 5.62. The van der Waals surface area contributed by atoms with Gasteiger partial charge in [0, 0.05) is 20.7 Å². The summed E-state index contributed by atoms with van der Waals surface area (Å²) in [6.07, 6.45) is 0. The number of amides is 1. The monoisotopic (exact) mass is 240 g/mol. The number of aryl methyl sites for hydroxylation is 1. The minimum Gasteiger partial charge on any atom is -0.464 e. The molecule has 0 fully saturated rings. The van der Waals surface area contributed by atoms with Gasteiger partial charge in [-0.1, -0.05) is 0 Å². The molecule has 0 unspecified atom stereocenters. The lowest BCUT2D eigenvalue weighted by Gasteiger charge is -2.16. The first kappa shape index (κ1) is 13.7. The molecule has 1 N–H and O–H groups in total. The lowest BCUT2D eigenvalue weighted by Crippen LogP contribution is -2.36. The molecule has 0 atom stereocenters. The van der Waals surface area contributed by atoms with Crippen LogP contribution in [0.25, 0.3) is 0 Å². The van der Waals surface area contributed by atoms with Crippen molar-refractivity contribution >= 4 is 5.91 Å². The molecule has 0 aliphatic rings. The summed E-state index contributed by atoms with van der Waals surface area (Å²) in [4.78, 5) is 13.3. The summed E-state index contributed by atoms with van der Waals surface area (Å²) < 4.78 is 10.3. The molecular weight excluding hydrogens is 220 g/mol. The molecule has 0 bridgehead atoms. The van der Waals surface area contributed by atoms with Gasteiger partial charge in [-0.25, -0.2) is 0 Å². The summed E-state index contributed by atoms with van der Waals surface area (Å²) in [7, 11) is 3.40. The summed E-state index contributed by atoms with van der Waals surface area (Å²) >= 11 is 0. The van der Waals surface area contributed by atoms with E-state index in [1.165, 1.54) is 0 Å². The average molecular weight is 240 g/mol. The molecule has 0 saturated carbocycles. The standard InChI is InChI=1S/C12H20N2O3/c1-10-4-5-11(17-10)9-14(2)12(15)8-13-6-7-16-3/h4-5,13H,6-9H2,1-3H3. The van der Waals surface area contributed by atoms with Crippen LogP contribution in [0.1, 0.15) is 11.5 Å². The van der Waals surface area contributed by atoms with Crippen LogP contribution in [0.15, 0.2) is 16.5 Å². The van der Waals surface area contributed by atoms with Crippen LogP contribution in [0.4, 0.5) is 0 Å². The Labute approximate surface area is 102 Å². The Morgan fingerprint density at radius 1 is 1.53 bits per heavy atom. The second-order valence-corrected chi connectivity index (χ2v) is 3.93. The van der Waals surface area contributed by atoms with Crippen LogP contribution >= 0.6 is 0 Å². The van der Waals surface area contributed by atoms with Crippen molar-refractivity contribution in [3.8, 4) is 0 Å². The van der Waals surface area contributed by atoms with Crippen molar-refractivity contribution < 1.29 is 13.9 Å². The number of methoxy groups -OCH3 is 1. The molecule has 1 aromatic rings. The van der Waals surface area contributed by atoms with Gasteiger partial charge >= 0.3 is 0 Å². The number of carbonyl (C=O) groups is 1. The highest BCUT2D eigenvalue weighted by Gasteiger charge is 2.10. The van der Waals surface area contributed by atoms with Crippen molar-refractivity contribution in [2.45, 2.75) is 13.5 Å². The van der Waals surface area contributed by atoms with Crippen molar-refractivity contribution in [1.82, 2.24) is 10.2 Å². The lowest BCUT2D eigenvalue weighted by molar-refractivity contribution is -0.129. The Morgan fingerprint density at radius 2 is 2.29 bits per heavy atom. The van der Waals surface area contributed by atoms with E-state index < -0.39 is 0 Å². The Balaban J connectivity index is 2.27. The maximum absolute atomic E-state index is 11.7. The molecule has 96 valence electrons. The topological polar surface area (TPSA) is 54.7 Å². The number of hydrogen-bond donors (Lipinski definition) is 1. The van der Waals surface area contributed by atoms with Crippen LogP contribution in [0.3, 0.4) is 0 Å². The van der Waals surface area contributed by atoms with Crippen LogP contribution in [0.5, 0.6) is 0 Å². The Bertz CT molecular complexity index is 349. The Morgan fingerprint density at radius 3 is 2.88 bits per heavy atom. The molecule has 1 amide bonds. The van der Waals surface area contributed by atoms with E-state index in [2.05, 4.69) is 5.32 Å². The highest BCUT2D eigenvalue weighted by atomic mass is 16.5. The second-order valence-electron chi connectivity index (χ2n) is 3.93. The van der Waals surface area contributed by atoms with E-state index in [9.17, 15) is 4.79 Å². The number of likely N-dealkylation sites (N-methyl/N-ethyl adjacent to an activating group) is 1. The van der Waals surface area contributed by atoms with E-state index in [0.29, 0.717) is 26.2 Å². The molecule has 0 aliphatic heterocycles. The Hall–Kier alpha value is -1.33. The molecule has 1 aromatic heterocycles. The van der Waals surface area contributed by atoms with Gasteiger partial charge in [0.25, 0.3) is 0 Å². The number of furan rings is 1. The second kappa shape index (κ2) is 7.09.